The molecule has 2 rings (SSSR count). The second kappa shape index (κ2) is 10.6. The van der Waals surface area contributed by atoms with Gasteiger partial charge in [0.2, 0.25) is 15.9 Å². The molecule has 0 fully saturated rings. The average Bonchev–Trinajstić information content (AvgIpc) is 2.69. The van der Waals surface area contributed by atoms with Crippen molar-refractivity contribution in [3.05, 3.63) is 54.3 Å². The van der Waals surface area contributed by atoms with Crippen LogP contribution in [0.15, 0.2) is 58.3 Å². The van der Waals surface area contributed by atoms with Crippen LogP contribution in [-0.4, -0.2) is 56.5 Å². The zero-order valence-corrected chi connectivity index (χ0v) is 18.6. The predicted molar refractivity (Wildman–Crippen MR) is 115 cm³/mol. The Morgan fingerprint density at radius 2 is 1.67 bits per heavy atom. The molecule has 1 N–H and O–H groups in total. The summed E-state index contributed by atoms with van der Waals surface area (Å²) in [6, 6.07) is 11.6. The normalized spacial score (nSPS) is 11.4. The third kappa shape index (κ3) is 6.54. The topological polar surface area (TPSA) is 86.8 Å². The standard InChI is InChI=1S/C20H24FN3O4S2/c1-23(2)20(26)29-18-8-5-4-7-17(18)22-19(25)9-6-14-24(3)30(27,28)16-12-10-15(21)11-13-16/h4-5,7-8,10-13H,6,9,14H2,1-3H3,(H,22,25). The Bertz CT molecular complexity index is 995. The van der Waals surface area contributed by atoms with Gasteiger partial charge in [-0.05, 0) is 54.6 Å². The van der Waals surface area contributed by atoms with Gasteiger partial charge in [0, 0.05) is 39.0 Å². The number of nitrogens with zero attached hydrogens (tertiary/aromatic N) is 2. The van der Waals surface area contributed by atoms with Gasteiger partial charge >= 0.3 is 0 Å². The third-order valence-electron chi connectivity index (χ3n) is 4.12. The highest BCUT2D eigenvalue weighted by atomic mass is 32.2. The Labute approximate surface area is 180 Å². The van der Waals surface area contributed by atoms with E-state index in [-0.39, 0.29) is 29.0 Å². The Hall–Kier alpha value is -2.43. The van der Waals surface area contributed by atoms with Crippen LogP contribution >= 0.6 is 11.8 Å². The molecule has 0 atom stereocenters. The number of hydrogen-bond acceptors (Lipinski definition) is 5. The number of rotatable bonds is 8. The minimum Gasteiger partial charge on any atom is -0.339 e. The molecular formula is C20H24FN3O4S2. The number of amides is 2. The van der Waals surface area contributed by atoms with Crippen molar-refractivity contribution >= 4 is 38.6 Å². The zero-order chi connectivity index (χ0) is 22.3. The van der Waals surface area contributed by atoms with Crippen LogP contribution in [0.4, 0.5) is 14.9 Å². The Balaban J connectivity index is 1.91. The summed E-state index contributed by atoms with van der Waals surface area (Å²) in [6.45, 7) is 0.128. The lowest BCUT2D eigenvalue weighted by atomic mass is 10.2. The van der Waals surface area contributed by atoms with Gasteiger partial charge in [-0.3, -0.25) is 9.59 Å². The minimum atomic E-state index is -3.75. The fourth-order valence-corrected chi connectivity index (χ4v) is 4.38. The first kappa shape index (κ1) is 23.8. The van der Waals surface area contributed by atoms with Crippen LogP contribution in [0.25, 0.3) is 0 Å². The van der Waals surface area contributed by atoms with E-state index in [0.717, 1.165) is 28.2 Å². The molecule has 0 aliphatic rings. The van der Waals surface area contributed by atoms with Gasteiger partial charge in [-0.25, -0.2) is 17.1 Å². The lowest BCUT2D eigenvalue weighted by Crippen LogP contribution is -2.28. The fourth-order valence-electron chi connectivity index (χ4n) is 2.43. The van der Waals surface area contributed by atoms with E-state index in [0.29, 0.717) is 17.0 Å². The number of para-hydroxylation sites is 1. The summed E-state index contributed by atoms with van der Waals surface area (Å²) in [5, 5.41) is 2.60. The number of sulfonamides is 1. The molecule has 0 radical (unpaired) electrons. The van der Waals surface area contributed by atoms with Gasteiger partial charge in [0.25, 0.3) is 5.24 Å². The van der Waals surface area contributed by atoms with Crippen molar-refractivity contribution in [3.8, 4) is 0 Å². The van der Waals surface area contributed by atoms with Crippen molar-refractivity contribution in [3.63, 3.8) is 0 Å². The molecule has 2 amide bonds. The molecule has 0 saturated heterocycles. The van der Waals surface area contributed by atoms with Crippen LogP contribution in [0.3, 0.4) is 0 Å². The van der Waals surface area contributed by atoms with Gasteiger partial charge in [-0.2, -0.15) is 0 Å². The molecule has 2 aromatic carbocycles. The average molecular weight is 454 g/mol. The quantitative estimate of drug-likeness (QED) is 0.617. The molecule has 7 nitrogen and oxygen atoms in total. The van der Waals surface area contributed by atoms with E-state index in [9.17, 15) is 22.4 Å². The van der Waals surface area contributed by atoms with Gasteiger partial charge in [-0.15, -0.1) is 0 Å². The molecule has 0 heterocycles. The van der Waals surface area contributed by atoms with Crippen molar-refractivity contribution in [1.82, 2.24) is 9.21 Å². The monoisotopic (exact) mass is 453 g/mol. The van der Waals surface area contributed by atoms with Gasteiger partial charge in [0.05, 0.1) is 10.6 Å². The van der Waals surface area contributed by atoms with E-state index in [4.69, 9.17) is 0 Å². The van der Waals surface area contributed by atoms with Crippen molar-refractivity contribution in [1.29, 1.82) is 0 Å². The van der Waals surface area contributed by atoms with Gasteiger partial charge in [0.15, 0.2) is 0 Å². The maximum Gasteiger partial charge on any atom is 0.286 e. The van der Waals surface area contributed by atoms with Crippen LogP contribution in [0.5, 0.6) is 0 Å². The van der Waals surface area contributed by atoms with E-state index < -0.39 is 15.8 Å². The molecule has 0 saturated carbocycles. The highest BCUT2D eigenvalue weighted by molar-refractivity contribution is 8.13. The summed E-state index contributed by atoms with van der Waals surface area (Å²) in [7, 11) is 0.952. The summed E-state index contributed by atoms with van der Waals surface area (Å²) >= 11 is 1.01. The van der Waals surface area contributed by atoms with Crippen LogP contribution in [-0.2, 0) is 14.8 Å². The molecule has 30 heavy (non-hydrogen) atoms. The Morgan fingerprint density at radius 1 is 1.03 bits per heavy atom. The molecule has 162 valence electrons. The van der Waals surface area contributed by atoms with E-state index in [1.165, 1.54) is 24.1 Å². The molecule has 0 aliphatic heterocycles. The summed E-state index contributed by atoms with van der Waals surface area (Å²) < 4.78 is 39.1. The first-order valence-corrected chi connectivity index (χ1v) is 11.4. The van der Waals surface area contributed by atoms with Gasteiger partial charge in [0.1, 0.15) is 5.82 Å². The molecule has 10 heteroatoms. The van der Waals surface area contributed by atoms with Gasteiger partial charge in [-0.1, -0.05) is 12.1 Å². The second-order valence-electron chi connectivity index (χ2n) is 6.69. The molecule has 0 aliphatic carbocycles. The smallest absolute Gasteiger partial charge is 0.286 e. The maximum atomic E-state index is 13.0. The Kier molecular flexibility index (Phi) is 8.39. The number of benzene rings is 2. The highest BCUT2D eigenvalue weighted by Crippen LogP contribution is 2.28. The maximum absolute atomic E-state index is 13.0. The minimum absolute atomic E-state index is 0.00707. The third-order valence-corrected chi connectivity index (χ3v) is 7.11. The molecule has 0 aromatic heterocycles. The fraction of sp³-hybridized carbons (Fsp3) is 0.300. The molecule has 0 spiro atoms. The molecule has 2 aromatic rings. The first-order chi connectivity index (χ1) is 14.1. The lowest BCUT2D eigenvalue weighted by Gasteiger charge is -2.17. The van der Waals surface area contributed by atoms with Crippen LogP contribution in [0, 0.1) is 5.82 Å². The second-order valence-corrected chi connectivity index (χ2v) is 9.73. The molecular weight excluding hydrogens is 429 g/mol. The van der Waals surface area contributed by atoms with E-state index in [1.54, 1.807) is 38.4 Å². The largest absolute Gasteiger partial charge is 0.339 e. The van der Waals surface area contributed by atoms with Crippen molar-refractivity contribution < 1.29 is 22.4 Å². The number of carbonyl (C=O) groups excluding carboxylic acids is 2. The number of anilines is 1. The van der Waals surface area contributed by atoms with Crippen LogP contribution in [0.1, 0.15) is 12.8 Å². The lowest BCUT2D eigenvalue weighted by molar-refractivity contribution is -0.116. The Morgan fingerprint density at radius 3 is 2.30 bits per heavy atom. The van der Waals surface area contributed by atoms with Crippen molar-refractivity contribution in [2.24, 2.45) is 0 Å². The summed E-state index contributed by atoms with van der Waals surface area (Å²) in [5.74, 6) is -0.799. The SMILES string of the molecule is CN(C)C(=O)Sc1ccccc1NC(=O)CCCN(C)S(=O)(=O)c1ccc(F)cc1. The molecule has 0 unspecified atom stereocenters. The summed E-state index contributed by atoms with van der Waals surface area (Å²) in [5.41, 5.74) is 0.523. The summed E-state index contributed by atoms with van der Waals surface area (Å²) in [4.78, 5) is 26.3. The zero-order valence-electron chi connectivity index (χ0n) is 17.0. The summed E-state index contributed by atoms with van der Waals surface area (Å²) in [6.07, 6.45) is 0.401. The van der Waals surface area contributed by atoms with Crippen molar-refractivity contribution in [2.45, 2.75) is 22.6 Å². The van der Waals surface area contributed by atoms with Crippen LogP contribution < -0.4 is 5.32 Å². The van der Waals surface area contributed by atoms with Crippen LogP contribution in [0.2, 0.25) is 0 Å². The van der Waals surface area contributed by atoms with E-state index >= 15 is 0 Å². The number of halogens is 1. The predicted octanol–water partition coefficient (Wildman–Crippen LogP) is 3.64. The number of carbonyl (C=O) groups is 2. The molecule has 0 bridgehead atoms. The van der Waals surface area contributed by atoms with E-state index in [1.807, 2.05) is 0 Å². The van der Waals surface area contributed by atoms with E-state index in [2.05, 4.69) is 5.32 Å². The van der Waals surface area contributed by atoms with Crippen molar-refractivity contribution in [2.75, 3.05) is 33.0 Å². The number of nitrogens with one attached hydrogen (secondary N) is 1. The number of thioether (sulfide) groups is 1. The first-order valence-electron chi connectivity index (χ1n) is 9.11. The highest BCUT2D eigenvalue weighted by Gasteiger charge is 2.20. The number of hydrogen-bond donors (Lipinski definition) is 1. The van der Waals surface area contributed by atoms with Gasteiger partial charge < -0.3 is 10.2 Å².